The lowest BCUT2D eigenvalue weighted by Crippen LogP contribution is -2.50. The summed E-state index contributed by atoms with van der Waals surface area (Å²) in [6, 6.07) is 18.1. The Hall–Kier alpha value is -5.14. The molecule has 48 heavy (non-hydrogen) atoms. The molecule has 4 rings (SSSR count). The summed E-state index contributed by atoms with van der Waals surface area (Å²) in [6.07, 6.45) is 0.133. The van der Waals surface area contributed by atoms with Crippen LogP contribution in [0.2, 0.25) is 0 Å². The number of hydrogen-bond acceptors (Lipinski definition) is 10. The van der Waals surface area contributed by atoms with Crippen molar-refractivity contribution in [1.82, 2.24) is 10.9 Å². The van der Waals surface area contributed by atoms with E-state index < -0.39 is 45.7 Å². The number of esters is 2. The number of carbonyl (C=O) groups excluding carboxylic acids is 4. The van der Waals surface area contributed by atoms with Gasteiger partial charge in [-0.1, -0.05) is 48.5 Å². The molecule has 0 aromatic heterocycles. The first kappa shape index (κ1) is 35.7. The topological polar surface area (TPSA) is 166 Å². The number of benzene rings is 3. The number of carbonyl (C=O) groups is 4. The highest BCUT2D eigenvalue weighted by molar-refractivity contribution is 5.99. The maximum Gasteiger partial charge on any atom is 0.325 e. The molecule has 0 aliphatic heterocycles. The van der Waals surface area contributed by atoms with Crippen molar-refractivity contribution < 1.29 is 38.4 Å². The summed E-state index contributed by atoms with van der Waals surface area (Å²) in [5.41, 5.74) is 6.54. The summed E-state index contributed by atoms with van der Waals surface area (Å²) < 4.78 is 10.7. The molecule has 13 heteroatoms. The number of nitro groups is 1. The molecular formula is C35H40N4O9. The summed E-state index contributed by atoms with van der Waals surface area (Å²) >= 11 is 0. The largest absolute Gasteiger partial charge is 0.460 e. The zero-order chi connectivity index (χ0) is 35.2. The van der Waals surface area contributed by atoms with Gasteiger partial charge in [0.05, 0.1) is 17.2 Å². The molecule has 0 spiro atoms. The van der Waals surface area contributed by atoms with Gasteiger partial charge in [0.25, 0.3) is 11.6 Å². The van der Waals surface area contributed by atoms with Crippen molar-refractivity contribution in [3.8, 4) is 11.1 Å². The van der Waals surface area contributed by atoms with Crippen molar-refractivity contribution in [3.05, 3.63) is 93.5 Å². The minimum absolute atomic E-state index is 0.0322. The molecule has 0 fully saturated rings. The van der Waals surface area contributed by atoms with Crippen molar-refractivity contribution in [1.29, 1.82) is 0 Å². The van der Waals surface area contributed by atoms with Gasteiger partial charge in [-0.2, -0.15) is 5.06 Å². The molecule has 0 unspecified atom stereocenters. The van der Waals surface area contributed by atoms with Crippen LogP contribution in [0.1, 0.15) is 81.8 Å². The van der Waals surface area contributed by atoms with Crippen LogP contribution in [0.25, 0.3) is 11.1 Å². The van der Waals surface area contributed by atoms with E-state index in [4.69, 9.17) is 14.3 Å². The van der Waals surface area contributed by atoms with Gasteiger partial charge < -0.3 is 9.47 Å². The van der Waals surface area contributed by atoms with Gasteiger partial charge in [0, 0.05) is 18.4 Å². The number of rotatable bonds is 13. The number of nitrogens with zero attached hydrogens (tertiary/aromatic N) is 2. The summed E-state index contributed by atoms with van der Waals surface area (Å²) in [5, 5.41) is 12.9. The predicted molar refractivity (Wildman–Crippen MR) is 177 cm³/mol. The molecule has 1 atom stereocenters. The van der Waals surface area contributed by atoms with Gasteiger partial charge in [-0.05, 0) is 82.3 Å². The molecule has 0 radical (unpaired) electrons. The number of ether oxygens (including phenoxy) is 2. The van der Waals surface area contributed by atoms with Gasteiger partial charge in [-0.3, -0.25) is 39.6 Å². The molecule has 0 bridgehead atoms. The van der Waals surface area contributed by atoms with E-state index in [1.807, 2.05) is 48.5 Å². The Kier molecular flexibility index (Phi) is 11.0. The first-order valence-corrected chi connectivity index (χ1v) is 15.4. The van der Waals surface area contributed by atoms with Gasteiger partial charge in [0.15, 0.2) is 0 Å². The van der Waals surface area contributed by atoms with Crippen LogP contribution in [0, 0.1) is 10.1 Å². The van der Waals surface area contributed by atoms with Gasteiger partial charge >= 0.3 is 11.9 Å². The van der Waals surface area contributed by atoms with Crippen LogP contribution in [-0.4, -0.2) is 53.0 Å². The van der Waals surface area contributed by atoms with E-state index in [0.717, 1.165) is 33.4 Å². The van der Waals surface area contributed by atoms with Crippen LogP contribution in [0.3, 0.4) is 0 Å². The zero-order valence-corrected chi connectivity index (χ0v) is 27.8. The van der Waals surface area contributed by atoms with Gasteiger partial charge in [0.1, 0.15) is 22.8 Å². The highest BCUT2D eigenvalue weighted by Gasteiger charge is 2.31. The van der Waals surface area contributed by atoms with E-state index >= 15 is 0 Å². The lowest BCUT2D eigenvalue weighted by Gasteiger charge is -2.25. The number of amides is 2. The summed E-state index contributed by atoms with van der Waals surface area (Å²) in [7, 11) is 0. The quantitative estimate of drug-likeness (QED) is 0.105. The lowest BCUT2D eigenvalue weighted by molar-refractivity contribution is -0.385. The minimum atomic E-state index is -1.18. The van der Waals surface area contributed by atoms with Crippen LogP contribution in [0.4, 0.5) is 11.4 Å². The molecule has 0 saturated heterocycles. The second-order valence-electron chi connectivity index (χ2n) is 13.2. The van der Waals surface area contributed by atoms with Crippen LogP contribution in [0.15, 0.2) is 66.7 Å². The molecule has 0 heterocycles. The Bertz CT molecular complexity index is 1650. The van der Waals surface area contributed by atoms with E-state index in [1.54, 1.807) is 41.5 Å². The van der Waals surface area contributed by atoms with E-state index in [0.29, 0.717) is 6.41 Å². The summed E-state index contributed by atoms with van der Waals surface area (Å²) in [5.74, 6) is -2.42. The lowest BCUT2D eigenvalue weighted by atomic mass is 9.98. The van der Waals surface area contributed by atoms with Crippen molar-refractivity contribution in [2.45, 2.75) is 77.5 Å². The molecule has 1 aliphatic carbocycles. The van der Waals surface area contributed by atoms with Crippen LogP contribution >= 0.6 is 0 Å². The number of hydroxylamine groups is 1. The second kappa shape index (κ2) is 14.7. The number of nitrogens with one attached hydrogen (secondary N) is 2. The molecule has 3 aromatic rings. The summed E-state index contributed by atoms with van der Waals surface area (Å²) in [6.45, 7) is 10.2. The average Bonchev–Trinajstić information content (AvgIpc) is 3.33. The third-order valence-corrected chi connectivity index (χ3v) is 7.22. The molecule has 3 aromatic carbocycles. The van der Waals surface area contributed by atoms with Crippen LogP contribution in [0.5, 0.6) is 0 Å². The SMILES string of the molecule is CC(C)(C)OC(=O)CC[C@H](NNC(=O)c1ccc(N(C=O)OCC2c3ccccc3-c3ccccc32)cc1[N+](=O)[O-])C(=O)OC(C)(C)C. The number of hydrazine groups is 1. The fraction of sp³-hybridized carbons (Fsp3) is 0.371. The fourth-order valence-electron chi connectivity index (χ4n) is 5.26. The van der Waals surface area contributed by atoms with Crippen molar-refractivity contribution in [3.63, 3.8) is 0 Å². The standard InChI is InChI=1S/C35H40N4O9/c1-34(2,3)47-31(41)18-17-29(33(43)48-35(4,5)6)36-37-32(42)27-16-15-22(19-30(27)39(44)45)38(21-40)46-20-28-25-13-9-7-11-23(25)24-12-8-10-14-26(24)28/h7-16,19,21,28-29,36H,17-18,20H2,1-6H3,(H,37,42)/t29-/m0/s1. The predicted octanol–water partition coefficient (Wildman–Crippen LogP) is 5.37. The van der Waals surface area contributed by atoms with Crippen LogP contribution < -0.4 is 15.9 Å². The maximum atomic E-state index is 13.2. The first-order valence-electron chi connectivity index (χ1n) is 15.4. The first-order chi connectivity index (χ1) is 22.6. The highest BCUT2D eigenvalue weighted by Crippen LogP contribution is 2.44. The number of fused-ring (bicyclic) bond motifs is 3. The van der Waals surface area contributed by atoms with E-state index in [-0.39, 0.29) is 36.6 Å². The Balaban J connectivity index is 1.48. The Morgan fingerprint density at radius 1 is 0.917 bits per heavy atom. The Labute approximate surface area is 278 Å². The molecule has 2 amide bonds. The maximum absolute atomic E-state index is 13.2. The molecular weight excluding hydrogens is 620 g/mol. The van der Waals surface area contributed by atoms with Gasteiger partial charge in [-0.25, -0.2) is 5.43 Å². The number of hydrogen-bond donors (Lipinski definition) is 2. The number of nitro benzene ring substituents is 1. The molecule has 13 nitrogen and oxygen atoms in total. The van der Waals surface area contributed by atoms with Crippen molar-refractivity contribution in [2.24, 2.45) is 0 Å². The van der Waals surface area contributed by atoms with Crippen molar-refractivity contribution in [2.75, 3.05) is 11.7 Å². The third kappa shape index (κ3) is 9.02. The highest BCUT2D eigenvalue weighted by atomic mass is 16.7. The Morgan fingerprint density at radius 2 is 1.50 bits per heavy atom. The molecule has 0 saturated carbocycles. The summed E-state index contributed by atoms with van der Waals surface area (Å²) in [4.78, 5) is 67.6. The fourth-order valence-corrected chi connectivity index (χ4v) is 5.26. The average molecular weight is 661 g/mol. The normalized spacial score (nSPS) is 13.1. The van der Waals surface area contributed by atoms with E-state index in [9.17, 15) is 29.3 Å². The van der Waals surface area contributed by atoms with E-state index in [2.05, 4.69) is 10.9 Å². The Morgan fingerprint density at radius 3 is 2.04 bits per heavy atom. The van der Waals surface area contributed by atoms with Crippen molar-refractivity contribution >= 4 is 35.6 Å². The van der Waals surface area contributed by atoms with Gasteiger partial charge in [-0.15, -0.1) is 0 Å². The third-order valence-electron chi connectivity index (χ3n) is 7.22. The number of anilines is 1. The second-order valence-corrected chi connectivity index (χ2v) is 13.2. The monoisotopic (exact) mass is 660 g/mol. The van der Waals surface area contributed by atoms with Crippen LogP contribution in [-0.2, 0) is 28.7 Å². The molecule has 2 N–H and O–H groups in total. The minimum Gasteiger partial charge on any atom is -0.460 e. The van der Waals surface area contributed by atoms with E-state index in [1.165, 1.54) is 12.1 Å². The molecule has 254 valence electrons. The van der Waals surface area contributed by atoms with Gasteiger partial charge in [0.2, 0.25) is 6.41 Å². The molecule has 1 aliphatic rings. The smallest absolute Gasteiger partial charge is 0.325 e. The zero-order valence-electron chi connectivity index (χ0n) is 27.8.